The molecule has 0 saturated carbocycles. The number of aromatic hydroxyl groups is 2. The molecule has 0 aliphatic carbocycles. The van der Waals surface area contributed by atoms with Gasteiger partial charge in [-0.2, -0.15) is 0 Å². The SMILES string of the molecule is O=C1c2c(O)c(=O)ccn2N2CN1C/C=C\COc1ccncc1[C@@H]2c1ccccc1.O=C1c2c(O)c(=O)ccn2N2CN1C/C=C\COc1ccncc1[C@H]2c1ccccc1. The Balaban J connectivity index is 0.000000158. The molecule has 2 amide bonds. The van der Waals surface area contributed by atoms with Crippen molar-refractivity contribution in [3.05, 3.63) is 201 Å². The predicted octanol–water partition coefficient (Wildman–Crippen LogP) is 4.08. The van der Waals surface area contributed by atoms with Gasteiger partial charge in [-0.3, -0.25) is 48.5 Å². The van der Waals surface area contributed by atoms with Gasteiger partial charge in [0.25, 0.3) is 11.8 Å². The van der Waals surface area contributed by atoms with Crippen LogP contribution in [0.4, 0.5) is 0 Å². The summed E-state index contributed by atoms with van der Waals surface area (Å²) >= 11 is 0. The van der Waals surface area contributed by atoms with Gasteiger partial charge in [-0.25, -0.2) is 0 Å². The zero-order chi connectivity index (χ0) is 42.7. The van der Waals surface area contributed by atoms with E-state index in [2.05, 4.69) is 9.97 Å². The number of carbonyl (C=O) groups excluding carboxylic acids is 2. The Labute approximate surface area is 354 Å². The Hall–Kier alpha value is -8.14. The summed E-state index contributed by atoms with van der Waals surface area (Å²) in [6.07, 6.45) is 17.3. The van der Waals surface area contributed by atoms with Gasteiger partial charge in [0.2, 0.25) is 10.9 Å². The number of carbonyl (C=O) groups is 2. The molecule has 0 fully saturated rings. The molecule has 8 heterocycles. The van der Waals surface area contributed by atoms with Gasteiger partial charge in [-0.15, -0.1) is 0 Å². The molecule has 62 heavy (non-hydrogen) atoms. The number of benzene rings is 2. The molecule has 10 rings (SSSR count). The fraction of sp³-hybridized carbons (Fsp3) is 0.174. The molecule has 0 radical (unpaired) electrons. The van der Waals surface area contributed by atoms with Crippen LogP contribution in [-0.4, -0.2) is 90.8 Å². The third-order valence-corrected chi connectivity index (χ3v) is 11.0. The molecule has 312 valence electrons. The molecule has 0 saturated heterocycles. The summed E-state index contributed by atoms with van der Waals surface area (Å²) in [7, 11) is 0. The maximum atomic E-state index is 13.1. The van der Waals surface area contributed by atoms with Gasteiger partial charge in [-0.1, -0.05) is 72.8 Å². The number of nitrogens with zero attached hydrogens (tertiary/aromatic N) is 8. The van der Waals surface area contributed by atoms with Crippen LogP contribution in [-0.2, 0) is 0 Å². The normalized spacial score (nSPS) is 19.0. The summed E-state index contributed by atoms with van der Waals surface area (Å²) < 4.78 is 15.1. The highest BCUT2D eigenvalue weighted by Gasteiger charge is 2.39. The number of amides is 2. The quantitative estimate of drug-likeness (QED) is 0.240. The van der Waals surface area contributed by atoms with Gasteiger partial charge in [0, 0.05) is 73.5 Å². The van der Waals surface area contributed by atoms with Crippen LogP contribution < -0.4 is 30.3 Å². The van der Waals surface area contributed by atoms with E-state index in [0.717, 1.165) is 22.3 Å². The highest BCUT2D eigenvalue weighted by atomic mass is 16.5. The van der Waals surface area contributed by atoms with Crippen molar-refractivity contribution in [3.63, 3.8) is 0 Å². The Morgan fingerprint density at radius 3 is 1.37 bits per heavy atom. The molecule has 2 N–H and O–H groups in total. The lowest BCUT2D eigenvalue weighted by Crippen LogP contribution is -2.55. The topological polar surface area (TPSA) is 176 Å². The number of rotatable bonds is 2. The molecule has 4 aliphatic heterocycles. The van der Waals surface area contributed by atoms with Crippen LogP contribution in [0, 0.1) is 0 Å². The summed E-state index contributed by atoms with van der Waals surface area (Å²) in [5.74, 6) is -0.591. The minimum atomic E-state index is -0.595. The van der Waals surface area contributed by atoms with E-state index in [-0.39, 0.29) is 36.8 Å². The van der Waals surface area contributed by atoms with E-state index >= 15 is 0 Å². The monoisotopic (exact) mass is 832 g/mol. The molecular formula is C46H40N8O8. The average molecular weight is 833 g/mol. The fourth-order valence-corrected chi connectivity index (χ4v) is 8.04. The number of fused-ring (bicyclic) bond motifs is 10. The summed E-state index contributed by atoms with van der Waals surface area (Å²) in [4.78, 5) is 62.4. The molecule has 4 aliphatic rings. The maximum absolute atomic E-state index is 13.1. The molecule has 2 aromatic carbocycles. The Morgan fingerprint density at radius 2 is 0.952 bits per heavy atom. The van der Waals surface area contributed by atoms with Crippen molar-refractivity contribution in [2.24, 2.45) is 0 Å². The first-order valence-electron chi connectivity index (χ1n) is 19.8. The molecule has 2 atom stereocenters. The zero-order valence-corrected chi connectivity index (χ0v) is 33.2. The second-order valence-corrected chi connectivity index (χ2v) is 14.7. The van der Waals surface area contributed by atoms with Gasteiger partial charge >= 0.3 is 0 Å². The molecule has 0 unspecified atom stereocenters. The molecular weight excluding hydrogens is 793 g/mol. The van der Waals surface area contributed by atoms with Gasteiger partial charge < -0.3 is 29.5 Å². The molecule has 16 heteroatoms. The lowest BCUT2D eigenvalue weighted by atomic mass is 9.98. The van der Waals surface area contributed by atoms with Crippen LogP contribution >= 0.6 is 0 Å². The van der Waals surface area contributed by atoms with Crippen LogP contribution in [0.15, 0.2) is 156 Å². The average Bonchev–Trinajstić information content (AvgIpc) is 3.35. The van der Waals surface area contributed by atoms with Gasteiger partial charge in [0.05, 0.1) is 0 Å². The van der Waals surface area contributed by atoms with Crippen LogP contribution in [0.25, 0.3) is 0 Å². The van der Waals surface area contributed by atoms with E-state index in [0.29, 0.717) is 37.8 Å². The minimum Gasteiger partial charge on any atom is -0.502 e. The highest BCUT2D eigenvalue weighted by molar-refractivity contribution is 5.97. The lowest BCUT2D eigenvalue weighted by molar-refractivity contribution is 0.0694. The van der Waals surface area contributed by atoms with Gasteiger partial charge in [0.1, 0.15) is 50.1 Å². The van der Waals surface area contributed by atoms with E-state index in [1.54, 1.807) is 43.9 Å². The molecule has 4 bridgehead atoms. The second kappa shape index (κ2) is 16.8. The van der Waals surface area contributed by atoms with Crippen LogP contribution in [0.2, 0.25) is 0 Å². The van der Waals surface area contributed by atoms with E-state index in [1.165, 1.54) is 24.5 Å². The van der Waals surface area contributed by atoms with Crippen molar-refractivity contribution in [1.29, 1.82) is 0 Å². The fourth-order valence-electron chi connectivity index (χ4n) is 8.04. The van der Waals surface area contributed by atoms with E-state index in [4.69, 9.17) is 9.47 Å². The first kappa shape index (κ1) is 39.3. The molecule has 6 aromatic rings. The van der Waals surface area contributed by atoms with Crippen molar-refractivity contribution in [2.75, 3.05) is 49.7 Å². The van der Waals surface area contributed by atoms with Gasteiger partial charge in [-0.05, 0) is 35.4 Å². The van der Waals surface area contributed by atoms with E-state index < -0.39 is 34.2 Å². The molecule has 4 aromatic heterocycles. The third kappa shape index (κ3) is 7.27. The summed E-state index contributed by atoms with van der Waals surface area (Å²) in [6, 6.07) is 24.9. The van der Waals surface area contributed by atoms with Crippen LogP contribution in [0.1, 0.15) is 55.3 Å². The number of ether oxygens (including phenoxy) is 2. The standard InChI is InChI=1S/2C23H20N4O4/c2*28-18-9-12-26-21(22(18)29)23(30)25-11-4-5-13-31-19-8-10-24-14-17(19)20(27(26)15-25)16-6-2-1-3-7-16/h2*1-10,12,14,20,29H,11,13,15H2/b2*5-4-/t2*20-/m10/s1. The number of pyridine rings is 4. The first-order valence-corrected chi connectivity index (χ1v) is 19.8. The lowest BCUT2D eigenvalue weighted by Gasteiger charge is -2.43. The Kier molecular flexibility index (Phi) is 10.7. The Morgan fingerprint density at radius 1 is 0.532 bits per heavy atom. The smallest absolute Gasteiger partial charge is 0.278 e. The predicted molar refractivity (Wildman–Crippen MR) is 227 cm³/mol. The number of hydrogen-bond acceptors (Lipinski definition) is 12. The largest absolute Gasteiger partial charge is 0.502 e. The van der Waals surface area contributed by atoms with Crippen molar-refractivity contribution in [2.45, 2.75) is 12.1 Å². The summed E-state index contributed by atoms with van der Waals surface area (Å²) in [5, 5.41) is 24.9. The minimum absolute atomic E-state index is 0.0568. The second-order valence-electron chi connectivity index (χ2n) is 14.7. The summed E-state index contributed by atoms with van der Waals surface area (Å²) in [6.45, 7) is 1.81. The van der Waals surface area contributed by atoms with E-state index in [1.807, 2.05) is 107 Å². The van der Waals surface area contributed by atoms with Crippen LogP contribution in [0.5, 0.6) is 23.0 Å². The molecule has 16 nitrogen and oxygen atoms in total. The number of aromatic nitrogens is 4. The zero-order valence-electron chi connectivity index (χ0n) is 33.2. The third-order valence-electron chi connectivity index (χ3n) is 11.0. The van der Waals surface area contributed by atoms with Crippen molar-refractivity contribution >= 4 is 11.8 Å². The van der Waals surface area contributed by atoms with E-state index in [9.17, 15) is 29.4 Å². The highest BCUT2D eigenvalue weighted by Crippen LogP contribution is 2.38. The first-order chi connectivity index (χ1) is 30.3. The number of hydrogen-bond donors (Lipinski definition) is 2. The van der Waals surface area contributed by atoms with Crippen molar-refractivity contribution in [3.8, 4) is 23.0 Å². The Bertz CT molecular complexity index is 2640. The van der Waals surface area contributed by atoms with Gasteiger partial charge in [0.15, 0.2) is 22.9 Å². The maximum Gasteiger partial charge on any atom is 0.278 e. The molecule has 0 spiro atoms. The summed E-state index contributed by atoms with van der Waals surface area (Å²) in [5.41, 5.74) is 2.21. The van der Waals surface area contributed by atoms with Crippen molar-refractivity contribution in [1.82, 2.24) is 29.1 Å². The van der Waals surface area contributed by atoms with Crippen LogP contribution in [0.3, 0.4) is 0 Å². The van der Waals surface area contributed by atoms with Crippen molar-refractivity contribution < 1.29 is 29.3 Å².